The number of fused-ring (bicyclic) bond motifs is 2. The predicted octanol–water partition coefficient (Wildman–Crippen LogP) is 9.56. The van der Waals surface area contributed by atoms with Gasteiger partial charge in [0.15, 0.2) is 0 Å². The molecule has 0 N–H and O–H groups in total. The first-order valence-corrected chi connectivity index (χ1v) is 19.0. The van der Waals surface area contributed by atoms with Crippen molar-refractivity contribution in [1.29, 1.82) is 0 Å². The van der Waals surface area contributed by atoms with Crippen molar-refractivity contribution >= 4 is 20.2 Å². The number of allylic oxidation sites excluding steroid dienone is 2. The lowest BCUT2D eigenvalue weighted by atomic mass is 9.95. The molecule has 0 aromatic heterocycles. The summed E-state index contributed by atoms with van der Waals surface area (Å²) in [6, 6.07) is 21.0. The van der Waals surface area contributed by atoms with E-state index in [0.29, 0.717) is 22.6 Å². The molecule has 0 saturated heterocycles. The fourth-order valence-electron chi connectivity index (χ4n) is 8.22. The van der Waals surface area contributed by atoms with E-state index in [0.717, 1.165) is 45.3 Å². The molecule has 6 rings (SSSR count). The highest BCUT2D eigenvalue weighted by atomic mass is 28.3. The molecule has 2 aliphatic rings. The Balaban J connectivity index is 1.48. The van der Waals surface area contributed by atoms with Gasteiger partial charge >= 0.3 is 0 Å². The van der Waals surface area contributed by atoms with E-state index in [1.165, 1.54) is 33.4 Å². The summed E-state index contributed by atoms with van der Waals surface area (Å²) in [7, 11) is 7.95. The van der Waals surface area contributed by atoms with Gasteiger partial charge in [0.2, 0.25) is 0 Å². The van der Waals surface area contributed by atoms with E-state index in [2.05, 4.69) is 75.5 Å². The van der Waals surface area contributed by atoms with Crippen LogP contribution in [-0.2, 0) is 0 Å². The van der Waals surface area contributed by atoms with E-state index in [-0.39, 0.29) is 0 Å². The van der Waals surface area contributed by atoms with Crippen molar-refractivity contribution in [3.8, 4) is 56.8 Å². The van der Waals surface area contributed by atoms with E-state index in [9.17, 15) is 0 Å². The van der Waals surface area contributed by atoms with Gasteiger partial charge in [-0.05, 0) is 47.2 Å². The lowest BCUT2D eigenvalue weighted by Gasteiger charge is -2.39. The SMILES string of the molecule is COc1cc(OC)c(-c2cccc3c2C=C(C)C3[Si](C)(C)C2C(C)=Cc3c(-c4c(OC)cc(OC)cc4OC)cccc32)c(OC)c1. The van der Waals surface area contributed by atoms with Crippen LogP contribution >= 0.6 is 0 Å². The zero-order valence-electron chi connectivity index (χ0n) is 29.0. The molecule has 244 valence electrons. The number of hydrogen-bond acceptors (Lipinski definition) is 6. The van der Waals surface area contributed by atoms with Crippen LogP contribution in [0.1, 0.15) is 47.2 Å². The fourth-order valence-corrected chi connectivity index (χ4v) is 13.2. The zero-order valence-corrected chi connectivity index (χ0v) is 30.0. The van der Waals surface area contributed by atoms with Crippen LogP contribution in [0.25, 0.3) is 34.4 Å². The summed E-state index contributed by atoms with van der Waals surface area (Å²) in [5.41, 5.74) is 12.7. The molecule has 2 aliphatic carbocycles. The highest BCUT2D eigenvalue weighted by molar-refractivity contribution is 6.81. The molecule has 4 aromatic carbocycles. The minimum atomic E-state index is -2.13. The van der Waals surface area contributed by atoms with E-state index in [4.69, 9.17) is 28.4 Å². The molecule has 0 heterocycles. The predicted molar refractivity (Wildman–Crippen MR) is 193 cm³/mol. The first kappa shape index (κ1) is 32.3. The molecule has 0 radical (unpaired) electrons. The summed E-state index contributed by atoms with van der Waals surface area (Å²) >= 11 is 0. The maximum atomic E-state index is 5.89. The third-order valence-corrected chi connectivity index (χ3v) is 14.5. The van der Waals surface area contributed by atoms with Gasteiger partial charge in [0.1, 0.15) is 34.5 Å². The van der Waals surface area contributed by atoms with E-state index in [1.807, 2.05) is 24.3 Å². The van der Waals surface area contributed by atoms with Gasteiger partial charge in [-0.25, -0.2) is 0 Å². The number of rotatable bonds is 10. The van der Waals surface area contributed by atoms with Crippen molar-refractivity contribution in [3.05, 3.63) is 94.1 Å². The Labute approximate surface area is 279 Å². The van der Waals surface area contributed by atoms with Crippen molar-refractivity contribution in [2.24, 2.45) is 0 Å². The minimum absolute atomic E-state index is 0.320. The Hall–Kier alpha value is -4.62. The molecule has 0 saturated carbocycles. The molecule has 2 atom stereocenters. The molecule has 0 amide bonds. The molecule has 4 aromatic rings. The first-order chi connectivity index (χ1) is 22.6. The summed E-state index contributed by atoms with van der Waals surface area (Å²) in [5, 5.41) is 0. The van der Waals surface area contributed by atoms with Crippen LogP contribution in [0.2, 0.25) is 13.1 Å². The molecule has 47 heavy (non-hydrogen) atoms. The second kappa shape index (κ2) is 12.5. The first-order valence-electron chi connectivity index (χ1n) is 15.9. The van der Waals surface area contributed by atoms with E-state index in [1.54, 1.807) is 42.7 Å². The van der Waals surface area contributed by atoms with Crippen LogP contribution < -0.4 is 28.4 Å². The van der Waals surface area contributed by atoms with Crippen molar-refractivity contribution in [1.82, 2.24) is 0 Å². The Morgan fingerprint density at radius 3 is 1.13 bits per heavy atom. The maximum absolute atomic E-state index is 5.89. The average Bonchev–Trinajstić information content (AvgIpc) is 3.62. The topological polar surface area (TPSA) is 55.4 Å². The lowest BCUT2D eigenvalue weighted by molar-refractivity contribution is 0.377. The van der Waals surface area contributed by atoms with Crippen LogP contribution in [0.3, 0.4) is 0 Å². The van der Waals surface area contributed by atoms with Gasteiger partial charge in [-0.1, -0.05) is 72.8 Å². The second-order valence-corrected chi connectivity index (χ2v) is 17.7. The van der Waals surface area contributed by atoms with Gasteiger partial charge in [-0.3, -0.25) is 0 Å². The van der Waals surface area contributed by atoms with Crippen molar-refractivity contribution in [3.63, 3.8) is 0 Å². The van der Waals surface area contributed by atoms with Gasteiger partial charge in [0, 0.05) is 35.3 Å². The van der Waals surface area contributed by atoms with Crippen LogP contribution in [-0.4, -0.2) is 50.7 Å². The number of ether oxygens (including phenoxy) is 6. The zero-order chi connectivity index (χ0) is 33.6. The van der Waals surface area contributed by atoms with Crippen LogP contribution in [0.4, 0.5) is 0 Å². The molecule has 0 bridgehead atoms. The molecular weight excluding hydrogens is 605 g/mol. The maximum Gasteiger partial charge on any atom is 0.134 e. The quantitative estimate of drug-likeness (QED) is 0.160. The Kier molecular flexibility index (Phi) is 8.62. The summed E-state index contributed by atoms with van der Waals surface area (Å²) in [4.78, 5) is 0. The molecule has 0 aliphatic heterocycles. The van der Waals surface area contributed by atoms with Gasteiger partial charge in [0.25, 0.3) is 0 Å². The molecule has 0 spiro atoms. The average molecular weight is 649 g/mol. The monoisotopic (exact) mass is 648 g/mol. The molecule has 2 unspecified atom stereocenters. The van der Waals surface area contributed by atoms with Gasteiger partial charge in [-0.2, -0.15) is 0 Å². The molecule has 7 heteroatoms. The smallest absolute Gasteiger partial charge is 0.134 e. The third-order valence-electron chi connectivity index (χ3n) is 10.0. The molecular formula is C40H44O6Si. The summed E-state index contributed by atoms with van der Waals surface area (Å²) < 4.78 is 34.6. The van der Waals surface area contributed by atoms with Crippen LogP contribution in [0.5, 0.6) is 34.5 Å². The Bertz CT molecular complexity index is 1730. The van der Waals surface area contributed by atoms with Gasteiger partial charge in [0.05, 0.1) is 61.9 Å². The highest BCUT2D eigenvalue weighted by Gasteiger charge is 2.47. The third kappa shape index (κ3) is 5.17. The molecule has 0 fully saturated rings. The Morgan fingerprint density at radius 2 is 0.830 bits per heavy atom. The Morgan fingerprint density at radius 1 is 0.489 bits per heavy atom. The summed E-state index contributed by atoms with van der Waals surface area (Å²) in [5.74, 6) is 4.28. The largest absolute Gasteiger partial charge is 0.496 e. The van der Waals surface area contributed by atoms with Gasteiger partial charge < -0.3 is 28.4 Å². The van der Waals surface area contributed by atoms with Crippen molar-refractivity contribution in [2.45, 2.75) is 38.0 Å². The van der Waals surface area contributed by atoms with Crippen LogP contribution in [0, 0.1) is 0 Å². The number of benzene rings is 4. The standard InChI is InChI=1S/C40H44O6Si/c1-23-17-31-27(37-33(43-5)19-25(41-3)20-34(37)44-6)13-11-15-29(31)39(23)47(9,10)40-24(2)18-32-28(14-12-16-30(32)40)38-35(45-7)21-26(42-4)22-36(38)46-8/h11-22,39-40H,1-10H3. The number of methoxy groups -OCH3 is 6. The van der Waals surface area contributed by atoms with Gasteiger partial charge in [-0.15, -0.1) is 0 Å². The van der Waals surface area contributed by atoms with E-state index >= 15 is 0 Å². The normalized spacial score (nSPS) is 16.6. The minimum Gasteiger partial charge on any atom is -0.496 e. The fraction of sp³-hybridized carbons (Fsp3) is 0.300. The number of hydrogen-bond donors (Lipinski definition) is 0. The molecule has 6 nitrogen and oxygen atoms in total. The second-order valence-electron chi connectivity index (χ2n) is 12.9. The lowest BCUT2D eigenvalue weighted by Crippen LogP contribution is -2.42. The summed E-state index contributed by atoms with van der Waals surface area (Å²) in [6.45, 7) is 9.68. The summed E-state index contributed by atoms with van der Waals surface area (Å²) in [6.07, 6.45) is 4.76. The van der Waals surface area contributed by atoms with Crippen molar-refractivity contribution < 1.29 is 28.4 Å². The van der Waals surface area contributed by atoms with Crippen LogP contribution in [0.15, 0.2) is 71.8 Å². The van der Waals surface area contributed by atoms with E-state index < -0.39 is 8.07 Å². The van der Waals surface area contributed by atoms with Crippen molar-refractivity contribution in [2.75, 3.05) is 42.7 Å². The highest BCUT2D eigenvalue weighted by Crippen LogP contribution is 2.56.